The summed E-state index contributed by atoms with van der Waals surface area (Å²) in [6.45, 7) is 8.99. The molecule has 0 amide bonds. The second kappa shape index (κ2) is 6.26. The minimum atomic E-state index is 0.718. The fourth-order valence-electron chi connectivity index (χ4n) is 3.89. The summed E-state index contributed by atoms with van der Waals surface area (Å²) >= 11 is 0. The first-order chi connectivity index (χ1) is 11.0. The van der Waals surface area contributed by atoms with E-state index in [0.29, 0.717) is 0 Å². The maximum atomic E-state index is 5.56. The predicted octanol–water partition coefficient (Wildman–Crippen LogP) is 3.46. The number of benzene rings is 1. The summed E-state index contributed by atoms with van der Waals surface area (Å²) in [5.41, 5.74) is 2.21. The van der Waals surface area contributed by atoms with Gasteiger partial charge in [-0.15, -0.1) is 0 Å². The van der Waals surface area contributed by atoms with E-state index in [1.165, 1.54) is 17.8 Å². The SMILES string of the molecule is COc1ccc(OC)c2c(C)cc(N3C[C@H](C)C[C@@H](C)C3)[nH+]c12. The van der Waals surface area contributed by atoms with Crippen LogP contribution in [0.2, 0.25) is 0 Å². The first-order valence-corrected chi connectivity index (χ1v) is 8.36. The van der Waals surface area contributed by atoms with Crippen molar-refractivity contribution in [2.24, 2.45) is 11.8 Å². The third kappa shape index (κ3) is 2.94. The zero-order chi connectivity index (χ0) is 16.6. The van der Waals surface area contributed by atoms with Crippen LogP contribution >= 0.6 is 0 Å². The van der Waals surface area contributed by atoms with Crippen LogP contribution in [0.1, 0.15) is 25.8 Å². The Morgan fingerprint density at radius 1 is 1.04 bits per heavy atom. The Bertz CT molecular complexity index is 704. The summed E-state index contributed by atoms with van der Waals surface area (Å²) in [6.07, 6.45) is 1.31. The molecule has 2 aromatic rings. The molecule has 4 nitrogen and oxygen atoms in total. The van der Waals surface area contributed by atoms with Crippen molar-refractivity contribution in [3.8, 4) is 11.5 Å². The number of methoxy groups -OCH3 is 2. The molecule has 1 aromatic carbocycles. The van der Waals surface area contributed by atoms with Crippen LogP contribution in [-0.2, 0) is 0 Å². The lowest BCUT2D eigenvalue weighted by molar-refractivity contribution is -0.331. The number of aryl methyl sites for hydroxylation is 1. The molecule has 0 bridgehead atoms. The number of rotatable bonds is 3. The molecule has 0 spiro atoms. The van der Waals surface area contributed by atoms with Crippen molar-refractivity contribution < 1.29 is 14.5 Å². The highest BCUT2D eigenvalue weighted by Gasteiger charge is 2.29. The molecular weight excluding hydrogens is 288 g/mol. The Morgan fingerprint density at radius 2 is 1.65 bits per heavy atom. The average Bonchev–Trinajstić information content (AvgIpc) is 2.52. The highest BCUT2D eigenvalue weighted by atomic mass is 16.5. The number of nitrogens with one attached hydrogen (secondary N) is 1. The van der Waals surface area contributed by atoms with Crippen molar-refractivity contribution in [3.63, 3.8) is 0 Å². The zero-order valence-corrected chi connectivity index (χ0v) is 14.8. The van der Waals surface area contributed by atoms with Gasteiger partial charge in [0.15, 0.2) is 11.3 Å². The summed E-state index contributed by atoms with van der Waals surface area (Å²) in [5.74, 6) is 4.33. The van der Waals surface area contributed by atoms with Gasteiger partial charge in [-0.3, -0.25) is 4.90 Å². The van der Waals surface area contributed by atoms with Crippen molar-refractivity contribution in [2.45, 2.75) is 27.2 Å². The van der Waals surface area contributed by atoms with Crippen LogP contribution in [0.25, 0.3) is 10.9 Å². The van der Waals surface area contributed by atoms with Crippen molar-refractivity contribution >= 4 is 16.7 Å². The first kappa shape index (κ1) is 15.9. The topological polar surface area (TPSA) is 35.8 Å². The average molecular weight is 315 g/mol. The quantitative estimate of drug-likeness (QED) is 0.870. The van der Waals surface area contributed by atoms with E-state index in [4.69, 9.17) is 9.47 Å². The van der Waals surface area contributed by atoms with Crippen molar-refractivity contribution in [1.29, 1.82) is 0 Å². The fourth-order valence-corrected chi connectivity index (χ4v) is 3.89. The Labute approximate surface area is 138 Å². The van der Waals surface area contributed by atoms with Crippen LogP contribution in [0.4, 0.5) is 5.82 Å². The van der Waals surface area contributed by atoms with E-state index in [1.54, 1.807) is 14.2 Å². The standard InChI is InChI=1S/C19H26N2O2/c1-12-8-13(2)11-21(10-12)17-9-14(3)18-15(22-4)6-7-16(23-5)19(18)20-17/h6-7,9,12-13H,8,10-11H2,1-5H3/p+1/t12-,13-/m1/s1. The van der Waals surface area contributed by atoms with E-state index in [9.17, 15) is 0 Å². The van der Waals surface area contributed by atoms with Crippen LogP contribution in [0, 0.1) is 18.8 Å². The summed E-state index contributed by atoms with van der Waals surface area (Å²) in [4.78, 5) is 6.06. The lowest BCUT2D eigenvalue weighted by Gasteiger charge is -2.30. The van der Waals surface area contributed by atoms with Gasteiger partial charge in [0.2, 0.25) is 0 Å². The van der Waals surface area contributed by atoms with E-state index >= 15 is 0 Å². The molecule has 1 aromatic heterocycles. The van der Waals surface area contributed by atoms with E-state index in [0.717, 1.165) is 47.3 Å². The molecule has 1 N–H and O–H groups in total. The molecule has 124 valence electrons. The maximum absolute atomic E-state index is 5.56. The molecule has 1 saturated heterocycles. The molecule has 1 aliphatic heterocycles. The van der Waals surface area contributed by atoms with E-state index in [-0.39, 0.29) is 0 Å². The van der Waals surface area contributed by atoms with Crippen molar-refractivity contribution in [3.05, 3.63) is 23.8 Å². The fraction of sp³-hybridized carbons (Fsp3) is 0.526. The molecule has 1 aliphatic rings. The highest BCUT2D eigenvalue weighted by molar-refractivity contribution is 5.91. The summed E-state index contributed by atoms with van der Waals surface area (Å²) in [7, 11) is 3.42. The number of piperidine rings is 1. The van der Waals surface area contributed by atoms with Gasteiger partial charge in [-0.2, -0.15) is 0 Å². The maximum Gasteiger partial charge on any atom is 0.275 e. The van der Waals surface area contributed by atoms with Gasteiger partial charge in [0.05, 0.1) is 32.7 Å². The summed E-state index contributed by atoms with van der Waals surface area (Å²) in [5, 5.41) is 1.09. The Hall–Kier alpha value is -1.97. The number of hydrogen-bond donors (Lipinski definition) is 0. The largest absolute Gasteiger partial charge is 0.496 e. The molecule has 3 rings (SSSR count). The van der Waals surface area contributed by atoms with Gasteiger partial charge in [-0.05, 0) is 42.9 Å². The molecular formula is C19H27N2O2+. The number of hydrogen-bond acceptors (Lipinski definition) is 3. The number of aromatic nitrogens is 1. The smallest absolute Gasteiger partial charge is 0.275 e. The monoisotopic (exact) mass is 315 g/mol. The van der Waals surface area contributed by atoms with Gasteiger partial charge in [0.25, 0.3) is 5.82 Å². The number of aromatic amines is 1. The molecule has 0 unspecified atom stereocenters. The second-order valence-electron chi connectivity index (χ2n) is 6.91. The van der Waals surface area contributed by atoms with Crippen LogP contribution in [0.15, 0.2) is 18.2 Å². The Balaban J connectivity index is 2.13. The van der Waals surface area contributed by atoms with Gasteiger partial charge in [0, 0.05) is 6.07 Å². The molecule has 4 heteroatoms. The minimum absolute atomic E-state index is 0.718. The first-order valence-electron chi connectivity index (χ1n) is 8.36. The number of pyridine rings is 1. The molecule has 1 fully saturated rings. The molecule has 23 heavy (non-hydrogen) atoms. The third-order valence-corrected chi connectivity index (χ3v) is 4.78. The molecule has 0 radical (unpaired) electrons. The van der Waals surface area contributed by atoms with Crippen molar-refractivity contribution in [1.82, 2.24) is 0 Å². The van der Waals surface area contributed by atoms with Crippen LogP contribution in [-0.4, -0.2) is 27.3 Å². The Kier molecular flexibility index (Phi) is 4.33. The predicted molar refractivity (Wildman–Crippen MR) is 93.5 cm³/mol. The minimum Gasteiger partial charge on any atom is -0.496 e. The number of H-pyrrole nitrogens is 1. The van der Waals surface area contributed by atoms with Gasteiger partial charge in [-0.1, -0.05) is 13.8 Å². The van der Waals surface area contributed by atoms with Crippen LogP contribution in [0.5, 0.6) is 11.5 Å². The molecule has 0 saturated carbocycles. The van der Waals surface area contributed by atoms with Gasteiger partial charge < -0.3 is 9.47 Å². The lowest BCUT2D eigenvalue weighted by Crippen LogP contribution is -2.41. The Morgan fingerprint density at radius 3 is 2.26 bits per heavy atom. The van der Waals surface area contributed by atoms with Gasteiger partial charge >= 0.3 is 0 Å². The number of fused-ring (bicyclic) bond motifs is 1. The summed E-state index contributed by atoms with van der Waals surface area (Å²) < 4.78 is 11.1. The lowest BCUT2D eigenvalue weighted by atomic mass is 9.92. The molecule has 2 atom stereocenters. The van der Waals surface area contributed by atoms with Crippen LogP contribution < -0.4 is 19.4 Å². The van der Waals surface area contributed by atoms with E-state index < -0.39 is 0 Å². The summed E-state index contributed by atoms with van der Waals surface area (Å²) in [6, 6.07) is 6.16. The number of ether oxygens (including phenoxy) is 2. The molecule has 2 heterocycles. The number of anilines is 1. The van der Waals surface area contributed by atoms with Crippen LogP contribution in [0.3, 0.4) is 0 Å². The zero-order valence-electron chi connectivity index (χ0n) is 14.8. The molecule has 0 aliphatic carbocycles. The van der Waals surface area contributed by atoms with Gasteiger partial charge in [0.1, 0.15) is 5.75 Å². The normalized spacial score (nSPS) is 21.5. The van der Waals surface area contributed by atoms with E-state index in [2.05, 4.69) is 36.7 Å². The third-order valence-electron chi connectivity index (χ3n) is 4.78. The highest BCUT2D eigenvalue weighted by Crippen LogP contribution is 2.34. The van der Waals surface area contributed by atoms with Gasteiger partial charge in [-0.25, -0.2) is 4.98 Å². The van der Waals surface area contributed by atoms with Crippen molar-refractivity contribution in [2.75, 3.05) is 32.2 Å². The number of nitrogens with zero attached hydrogens (tertiary/aromatic N) is 1. The van der Waals surface area contributed by atoms with E-state index in [1.807, 2.05) is 12.1 Å². The second-order valence-corrected chi connectivity index (χ2v) is 6.91.